The van der Waals surface area contributed by atoms with Crippen LogP contribution in [0.5, 0.6) is 0 Å². The molecule has 0 unspecified atom stereocenters. The molecule has 3 heteroatoms. The molecule has 1 fully saturated rings. The molecule has 1 aliphatic carbocycles. The molecule has 0 amide bonds. The topological polar surface area (TPSA) is 24.9 Å². The molecule has 14 heavy (non-hydrogen) atoms. The monoisotopic (exact) mass is 210 g/mol. The number of halogens is 1. The van der Waals surface area contributed by atoms with Gasteiger partial charge in [0.25, 0.3) is 0 Å². The lowest BCUT2D eigenvalue weighted by Crippen LogP contribution is -2.17. The van der Waals surface area contributed by atoms with Gasteiger partial charge in [-0.05, 0) is 31.4 Å². The van der Waals surface area contributed by atoms with Crippen LogP contribution in [-0.2, 0) is 0 Å². The molecular formula is C11H15ClN2. The second-order valence-corrected chi connectivity index (χ2v) is 4.45. The zero-order chi connectivity index (χ0) is 10.0. The fraction of sp³-hybridized carbons (Fsp3) is 0.545. The Bertz CT molecular complexity index is 321. The van der Waals surface area contributed by atoms with Crippen molar-refractivity contribution in [3.05, 3.63) is 24.0 Å². The Balaban J connectivity index is 1.95. The summed E-state index contributed by atoms with van der Waals surface area (Å²) in [7, 11) is 0. The summed E-state index contributed by atoms with van der Waals surface area (Å²) in [6.45, 7) is 3.05. The molecular weight excluding hydrogens is 196 g/mol. The van der Waals surface area contributed by atoms with Crippen LogP contribution in [0.25, 0.3) is 0 Å². The number of anilines is 1. The van der Waals surface area contributed by atoms with Gasteiger partial charge in [-0.1, -0.05) is 0 Å². The SMILES string of the molecule is Cc1cnccc1NCC1(CCl)CC1. The standard InChI is InChI=1S/C11H15ClN2/c1-9-6-13-5-2-10(9)14-8-11(7-12)3-4-11/h2,5-6H,3-4,7-8H2,1H3,(H,13,14). The molecule has 1 N–H and O–H groups in total. The van der Waals surface area contributed by atoms with Crippen molar-refractivity contribution in [1.29, 1.82) is 0 Å². The molecule has 1 saturated carbocycles. The van der Waals surface area contributed by atoms with E-state index in [1.165, 1.54) is 24.1 Å². The molecule has 0 saturated heterocycles. The molecule has 1 aromatic rings. The number of rotatable bonds is 4. The summed E-state index contributed by atoms with van der Waals surface area (Å²) in [6, 6.07) is 2.01. The zero-order valence-corrected chi connectivity index (χ0v) is 9.14. The minimum absolute atomic E-state index is 0.372. The van der Waals surface area contributed by atoms with E-state index in [0.717, 1.165) is 12.4 Å². The predicted molar refractivity (Wildman–Crippen MR) is 59.9 cm³/mol. The fourth-order valence-corrected chi connectivity index (χ4v) is 1.85. The van der Waals surface area contributed by atoms with Crippen LogP contribution in [0.4, 0.5) is 5.69 Å². The van der Waals surface area contributed by atoms with Crippen LogP contribution in [0.15, 0.2) is 18.5 Å². The minimum atomic E-state index is 0.372. The van der Waals surface area contributed by atoms with Crippen molar-refractivity contribution < 1.29 is 0 Å². The van der Waals surface area contributed by atoms with Gasteiger partial charge in [-0.25, -0.2) is 0 Å². The highest BCUT2D eigenvalue weighted by Crippen LogP contribution is 2.46. The van der Waals surface area contributed by atoms with E-state index < -0.39 is 0 Å². The molecule has 2 rings (SSSR count). The van der Waals surface area contributed by atoms with Crippen LogP contribution in [0.3, 0.4) is 0 Å². The second kappa shape index (κ2) is 3.77. The summed E-state index contributed by atoms with van der Waals surface area (Å²) in [6.07, 6.45) is 6.21. The third-order valence-electron chi connectivity index (χ3n) is 2.91. The number of aromatic nitrogens is 1. The fourth-order valence-electron chi connectivity index (χ4n) is 1.49. The maximum Gasteiger partial charge on any atom is 0.0400 e. The number of hydrogen-bond acceptors (Lipinski definition) is 2. The van der Waals surface area contributed by atoms with Crippen LogP contribution in [0.2, 0.25) is 0 Å². The van der Waals surface area contributed by atoms with E-state index in [9.17, 15) is 0 Å². The number of pyridine rings is 1. The third-order valence-corrected chi connectivity index (χ3v) is 3.48. The first-order valence-electron chi connectivity index (χ1n) is 4.96. The Morgan fingerprint density at radius 3 is 2.93 bits per heavy atom. The molecule has 0 aromatic carbocycles. The average molecular weight is 211 g/mol. The molecule has 1 heterocycles. The van der Waals surface area contributed by atoms with E-state index in [-0.39, 0.29) is 0 Å². The quantitative estimate of drug-likeness (QED) is 0.774. The van der Waals surface area contributed by atoms with Gasteiger partial charge in [0.05, 0.1) is 0 Å². The number of hydrogen-bond donors (Lipinski definition) is 1. The normalized spacial score (nSPS) is 17.9. The van der Waals surface area contributed by atoms with Crippen LogP contribution in [0, 0.1) is 12.3 Å². The lowest BCUT2D eigenvalue weighted by atomic mass is 10.1. The molecule has 0 aliphatic heterocycles. The molecule has 1 aromatic heterocycles. The molecule has 2 nitrogen and oxygen atoms in total. The van der Waals surface area contributed by atoms with E-state index in [4.69, 9.17) is 11.6 Å². The van der Waals surface area contributed by atoms with Gasteiger partial charge in [0.2, 0.25) is 0 Å². The number of nitrogens with one attached hydrogen (secondary N) is 1. The van der Waals surface area contributed by atoms with Crippen molar-refractivity contribution >= 4 is 17.3 Å². The van der Waals surface area contributed by atoms with E-state index in [1.807, 2.05) is 18.5 Å². The van der Waals surface area contributed by atoms with E-state index in [0.29, 0.717) is 5.41 Å². The maximum atomic E-state index is 5.91. The largest absolute Gasteiger partial charge is 0.384 e. The smallest absolute Gasteiger partial charge is 0.0400 e. The van der Waals surface area contributed by atoms with Crippen molar-refractivity contribution in [2.24, 2.45) is 5.41 Å². The first kappa shape index (κ1) is 9.78. The van der Waals surface area contributed by atoms with Crippen LogP contribution in [0.1, 0.15) is 18.4 Å². The lowest BCUT2D eigenvalue weighted by Gasteiger charge is -2.14. The van der Waals surface area contributed by atoms with Gasteiger partial charge in [0, 0.05) is 35.9 Å². The highest BCUT2D eigenvalue weighted by molar-refractivity contribution is 6.18. The van der Waals surface area contributed by atoms with Gasteiger partial charge in [0.15, 0.2) is 0 Å². The summed E-state index contributed by atoms with van der Waals surface area (Å²) >= 11 is 5.91. The molecule has 0 bridgehead atoms. The summed E-state index contributed by atoms with van der Waals surface area (Å²) in [5.74, 6) is 0.768. The summed E-state index contributed by atoms with van der Waals surface area (Å²) < 4.78 is 0. The molecule has 0 radical (unpaired) electrons. The zero-order valence-electron chi connectivity index (χ0n) is 8.39. The van der Waals surface area contributed by atoms with Gasteiger partial charge in [-0.15, -0.1) is 11.6 Å². The van der Waals surface area contributed by atoms with Gasteiger partial charge in [-0.3, -0.25) is 4.98 Å². The van der Waals surface area contributed by atoms with Crippen molar-refractivity contribution in [1.82, 2.24) is 4.98 Å². The van der Waals surface area contributed by atoms with Crippen LogP contribution >= 0.6 is 11.6 Å². The molecule has 0 spiro atoms. The van der Waals surface area contributed by atoms with Gasteiger partial charge >= 0.3 is 0 Å². The Hall–Kier alpha value is -0.760. The lowest BCUT2D eigenvalue weighted by molar-refractivity contribution is 0.618. The van der Waals surface area contributed by atoms with Crippen LogP contribution < -0.4 is 5.32 Å². The van der Waals surface area contributed by atoms with Crippen molar-refractivity contribution in [3.63, 3.8) is 0 Å². The maximum absolute atomic E-state index is 5.91. The molecule has 1 aliphatic rings. The second-order valence-electron chi connectivity index (χ2n) is 4.18. The highest BCUT2D eigenvalue weighted by Gasteiger charge is 2.41. The van der Waals surface area contributed by atoms with Gasteiger partial charge < -0.3 is 5.32 Å². The Kier molecular flexibility index (Phi) is 2.64. The van der Waals surface area contributed by atoms with Crippen LogP contribution in [-0.4, -0.2) is 17.4 Å². The van der Waals surface area contributed by atoms with E-state index in [1.54, 1.807) is 0 Å². The van der Waals surface area contributed by atoms with Crippen molar-refractivity contribution in [3.8, 4) is 0 Å². The first-order valence-corrected chi connectivity index (χ1v) is 5.50. The first-order chi connectivity index (χ1) is 6.76. The Morgan fingerprint density at radius 1 is 1.57 bits per heavy atom. The third kappa shape index (κ3) is 2.01. The predicted octanol–water partition coefficient (Wildman–Crippen LogP) is 2.82. The average Bonchev–Trinajstić information content (AvgIpc) is 2.98. The number of nitrogens with zero attached hydrogens (tertiary/aromatic N) is 1. The van der Waals surface area contributed by atoms with E-state index in [2.05, 4.69) is 17.2 Å². The highest BCUT2D eigenvalue weighted by atomic mass is 35.5. The summed E-state index contributed by atoms with van der Waals surface area (Å²) in [5, 5.41) is 3.44. The number of aryl methyl sites for hydroxylation is 1. The van der Waals surface area contributed by atoms with Gasteiger partial charge in [-0.2, -0.15) is 0 Å². The summed E-state index contributed by atoms with van der Waals surface area (Å²) in [4.78, 5) is 4.06. The molecule has 76 valence electrons. The summed E-state index contributed by atoms with van der Waals surface area (Å²) in [5.41, 5.74) is 2.74. The Morgan fingerprint density at radius 2 is 2.36 bits per heavy atom. The minimum Gasteiger partial charge on any atom is -0.384 e. The van der Waals surface area contributed by atoms with Crippen molar-refractivity contribution in [2.45, 2.75) is 19.8 Å². The molecule has 0 atom stereocenters. The Labute approximate surface area is 89.7 Å². The van der Waals surface area contributed by atoms with E-state index >= 15 is 0 Å². The number of alkyl halides is 1. The van der Waals surface area contributed by atoms with Gasteiger partial charge in [0.1, 0.15) is 0 Å². The van der Waals surface area contributed by atoms with Crippen molar-refractivity contribution in [2.75, 3.05) is 17.7 Å².